The first-order valence-electron chi connectivity index (χ1n) is 6.35. The van der Waals surface area contributed by atoms with E-state index in [2.05, 4.69) is 9.82 Å². The summed E-state index contributed by atoms with van der Waals surface area (Å²) in [6.45, 7) is 3.55. The summed E-state index contributed by atoms with van der Waals surface area (Å²) in [5.41, 5.74) is 7.71. The molecule has 0 atom stereocenters. The first kappa shape index (κ1) is 15.7. The number of hydrogen-bond acceptors (Lipinski definition) is 4. The molecule has 21 heavy (non-hydrogen) atoms. The van der Waals surface area contributed by atoms with Crippen molar-refractivity contribution in [1.29, 1.82) is 0 Å². The average Bonchev–Trinajstić information content (AvgIpc) is 2.72. The van der Waals surface area contributed by atoms with E-state index in [1.165, 1.54) is 12.1 Å². The highest BCUT2D eigenvalue weighted by Gasteiger charge is 2.21. The summed E-state index contributed by atoms with van der Waals surface area (Å²) >= 11 is 5.91. The van der Waals surface area contributed by atoms with Gasteiger partial charge in [0.2, 0.25) is 0 Å². The van der Waals surface area contributed by atoms with Gasteiger partial charge in [0, 0.05) is 24.0 Å². The Labute approximate surface area is 129 Å². The number of aromatic nitrogens is 2. The topological polar surface area (TPSA) is 90.0 Å². The van der Waals surface area contributed by atoms with E-state index in [4.69, 9.17) is 17.3 Å². The van der Waals surface area contributed by atoms with Crippen LogP contribution in [0, 0.1) is 6.92 Å². The van der Waals surface area contributed by atoms with Gasteiger partial charge in [-0.2, -0.15) is 5.10 Å². The van der Waals surface area contributed by atoms with Crippen LogP contribution in [0.15, 0.2) is 23.2 Å². The molecule has 3 N–H and O–H groups in total. The lowest BCUT2D eigenvalue weighted by molar-refractivity contribution is 0.600. The first-order valence-corrected chi connectivity index (χ1v) is 8.21. The molecular formula is C13H17ClN4O2S. The monoisotopic (exact) mass is 328 g/mol. The lowest BCUT2D eigenvalue weighted by atomic mass is 10.2. The number of sulfonamides is 1. The van der Waals surface area contributed by atoms with Gasteiger partial charge in [0.25, 0.3) is 10.0 Å². The van der Waals surface area contributed by atoms with Crippen LogP contribution in [-0.2, 0) is 23.5 Å². The van der Waals surface area contributed by atoms with Gasteiger partial charge in [-0.15, -0.1) is 0 Å². The third-order valence-electron chi connectivity index (χ3n) is 3.14. The van der Waals surface area contributed by atoms with E-state index in [-0.39, 0.29) is 9.92 Å². The lowest BCUT2D eigenvalue weighted by Crippen LogP contribution is -2.15. The normalized spacial score (nSPS) is 11.6. The van der Waals surface area contributed by atoms with Crippen molar-refractivity contribution in [2.45, 2.75) is 25.2 Å². The number of halogens is 1. The summed E-state index contributed by atoms with van der Waals surface area (Å²) in [5.74, 6) is 0. The Morgan fingerprint density at radius 1 is 1.43 bits per heavy atom. The summed E-state index contributed by atoms with van der Waals surface area (Å²) in [6, 6.07) is 2.91. The van der Waals surface area contributed by atoms with E-state index in [1.54, 1.807) is 24.9 Å². The van der Waals surface area contributed by atoms with Crippen LogP contribution < -0.4 is 10.5 Å². The van der Waals surface area contributed by atoms with Gasteiger partial charge >= 0.3 is 0 Å². The summed E-state index contributed by atoms with van der Waals surface area (Å²) in [5, 5.41) is 4.48. The Hall–Kier alpha value is -1.73. The van der Waals surface area contributed by atoms with Crippen LogP contribution in [0.1, 0.15) is 18.2 Å². The van der Waals surface area contributed by atoms with E-state index < -0.39 is 10.0 Å². The van der Waals surface area contributed by atoms with Gasteiger partial charge < -0.3 is 5.73 Å². The zero-order valence-electron chi connectivity index (χ0n) is 12.0. The van der Waals surface area contributed by atoms with Crippen LogP contribution in [0.5, 0.6) is 0 Å². The SMILES string of the molecule is CCc1nn(C)cc1NS(=O)(=O)c1cc(Cl)cc(N)c1C. The largest absolute Gasteiger partial charge is 0.398 e. The molecule has 0 aliphatic carbocycles. The minimum atomic E-state index is -3.78. The fourth-order valence-corrected chi connectivity index (χ4v) is 3.70. The van der Waals surface area contributed by atoms with Gasteiger partial charge in [-0.25, -0.2) is 8.42 Å². The van der Waals surface area contributed by atoms with Crippen molar-refractivity contribution in [2.75, 3.05) is 10.5 Å². The van der Waals surface area contributed by atoms with E-state index in [1.807, 2.05) is 6.92 Å². The number of anilines is 2. The molecule has 0 aliphatic rings. The molecule has 6 nitrogen and oxygen atoms in total. The van der Waals surface area contributed by atoms with Gasteiger partial charge in [0.05, 0.1) is 16.3 Å². The summed E-state index contributed by atoms with van der Waals surface area (Å²) in [7, 11) is -2.04. The second-order valence-electron chi connectivity index (χ2n) is 4.74. The standard InChI is InChI=1S/C13H17ClN4O2S/c1-4-11-12(7-18(3)16-11)17-21(19,20)13-6-9(14)5-10(15)8(13)2/h5-7,17H,4,15H2,1-3H3. The fraction of sp³-hybridized carbons (Fsp3) is 0.308. The molecule has 0 radical (unpaired) electrons. The van der Waals surface area contributed by atoms with Gasteiger partial charge in [-0.3, -0.25) is 9.40 Å². The number of nitrogens with two attached hydrogens (primary N) is 1. The number of rotatable bonds is 4. The zero-order valence-corrected chi connectivity index (χ0v) is 13.6. The maximum atomic E-state index is 12.5. The van der Waals surface area contributed by atoms with E-state index >= 15 is 0 Å². The molecule has 0 unspecified atom stereocenters. The number of hydrogen-bond donors (Lipinski definition) is 2. The van der Waals surface area contributed by atoms with Crippen molar-refractivity contribution in [2.24, 2.45) is 7.05 Å². The van der Waals surface area contributed by atoms with Crippen LogP contribution in [-0.4, -0.2) is 18.2 Å². The number of benzene rings is 1. The van der Waals surface area contributed by atoms with Crippen LogP contribution in [0.4, 0.5) is 11.4 Å². The Kier molecular flexibility index (Phi) is 4.15. The molecule has 1 aromatic heterocycles. The van der Waals surface area contributed by atoms with Crippen molar-refractivity contribution in [1.82, 2.24) is 9.78 Å². The third kappa shape index (κ3) is 3.14. The number of nitrogen functional groups attached to an aromatic ring is 1. The van der Waals surface area contributed by atoms with Crippen molar-refractivity contribution in [3.8, 4) is 0 Å². The maximum Gasteiger partial charge on any atom is 0.262 e. The molecule has 0 spiro atoms. The van der Waals surface area contributed by atoms with Crippen LogP contribution >= 0.6 is 11.6 Å². The molecule has 1 aromatic carbocycles. The predicted octanol–water partition coefficient (Wildman–Crippen LogP) is 2.33. The average molecular weight is 329 g/mol. The highest BCUT2D eigenvalue weighted by molar-refractivity contribution is 7.92. The lowest BCUT2D eigenvalue weighted by Gasteiger charge is -2.12. The molecule has 114 valence electrons. The minimum Gasteiger partial charge on any atom is -0.398 e. The number of nitrogens with zero attached hydrogens (tertiary/aromatic N) is 2. The molecule has 2 aromatic rings. The fourth-order valence-electron chi connectivity index (χ4n) is 2.03. The van der Waals surface area contributed by atoms with Crippen molar-refractivity contribution >= 4 is 33.0 Å². The van der Waals surface area contributed by atoms with E-state index in [0.29, 0.717) is 29.1 Å². The quantitative estimate of drug-likeness (QED) is 0.843. The van der Waals surface area contributed by atoms with Gasteiger partial charge in [0.15, 0.2) is 0 Å². The second-order valence-corrected chi connectivity index (χ2v) is 6.83. The Bertz CT molecular complexity index is 784. The molecule has 0 saturated carbocycles. The van der Waals surface area contributed by atoms with Crippen molar-refractivity contribution < 1.29 is 8.42 Å². The van der Waals surface area contributed by atoms with Gasteiger partial charge in [-0.1, -0.05) is 18.5 Å². The van der Waals surface area contributed by atoms with Gasteiger partial charge in [0.1, 0.15) is 0 Å². The Morgan fingerprint density at radius 2 is 2.10 bits per heavy atom. The molecule has 0 fully saturated rings. The zero-order chi connectivity index (χ0) is 15.8. The third-order valence-corrected chi connectivity index (χ3v) is 4.85. The van der Waals surface area contributed by atoms with E-state index in [0.717, 1.165) is 0 Å². The minimum absolute atomic E-state index is 0.0680. The molecule has 0 bridgehead atoms. The Balaban J connectivity index is 2.48. The highest BCUT2D eigenvalue weighted by atomic mass is 35.5. The van der Waals surface area contributed by atoms with Crippen LogP contribution in [0.2, 0.25) is 5.02 Å². The number of nitrogens with one attached hydrogen (secondary N) is 1. The second kappa shape index (κ2) is 5.57. The van der Waals surface area contributed by atoms with Crippen LogP contribution in [0.3, 0.4) is 0 Å². The van der Waals surface area contributed by atoms with Crippen molar-refractivity contribution in [3.63, 3.8) is 0 Å². The number of aryl methyl sites for hydroxylation is 2. The highest BCUT2D eigenvalue weighted by Crippen LogP contribution is 2.28. The van der Waals surface area contributed by atoms with Crippen LogP contribution in [0.25, 0.3) is 0 Å². The van der Waals surface area contributed by atoms with E-state index in [9.17, 15) is 8.42 Å². The molecule has 1 heterocycles. The molecule has 2 rings (SSSR count). The van der Waals surface area contributed by atoms with Crippen molar-refractivity contribution in [3.05, 3.63) is 34.6 Å². The molecule has 0 amide bonds. The summed E-state index contributed by atoms with van der Waals surface area (Å²) in [6.07, 6.45) is 2.25. The molecular weight excluding hydrogens is 312 g/mol. The summed E-state index contributed by atoms with van der Waals surface area (Å²) < 4.78 is 29.2. The maximum absolute atomic E-state index is 12.5. The molecule has 0 aliphatic heterocycles. The molecule has 8 heteroatoms. The molecule has 0 saturated heterocycles. The summed E-state index contributed by atoms with van der Waals surface area (Å²) in [4.78, 5) is 0.0680. The van der Waals surface area contributed by atoms with Gasteiger partial charge in [-0.05, 0) is 31.0 Å². The first-order chi connectivity index (χ1) is 9.74. The predicted molar refractivity (Wildman–Crippen MR) is 84.0 cm³/mol. The smallest absolute Gasteiger partial charge is 0.262 e. The Morgan fingerprint density at radius 3 is 2.71 bits per heavy atom.